The van der Waals surface area contributed by atoms with Crippen LogP contribution in [0.5, 0.6) is 5.75 Å². The van der Waals surface area contributed by atoms with Crippen LogP contribution < -0.4 is 4.74 Å². The molecule has 0 spiro atoms. The summed E-state index contributed by atoms with van der Waals surface area (Å²) in [6.45, 7) is 6.49. The second kappa shape index (κ2) is 7.47. The Hall–Kier alpha value is -2.37. The van der Waals surface area contributed by atoms with Crippen molar-refractivity contribution in [3.8, 4) is 5.75 Å². The van der Waals surface area contributed by atoms with E-state index >= 15 is 0 Å². The van der Waals surface area contributed by atoms with Crippen LogP contribution in [0.15, 0.2) is 30.5 Å². The zero-order chi connectivity index (χ0) is 16.9. The number of amides is 1. The summed E-state index contributed by atoms with van der Waals surface area (Å²) in [6, 6.07) is 7.87. The van der Waals surface area contributed by atoms with E-state index < -0.39 is 0 Å². The van der Waals surface area contributed by atoms with Crippen LogP contribution in [0, 0.1) is 12.8 Å². The molecule has 3 rings (SSSR count). The lowest BCUT2D eigenvalue weighted by Gasteiger charge is -2.30. The van der Waals surface area contributed by atoms with Crippen LogP contribution in [0.1, 0.15) is 31.0 Å². The van der Waals surface area contributed by atoms with Gasteiger partial charge in [0.05, 0.1) is 6.20 Å². The maximum atomic E-state index is 12.3. The molecule has 0 saturated carbocycles. The minimum Gasteiger partial charge on any atom is -0.487 e. The largest absolute Gasteiger partial charge is 0.487 e. The molecule has 0 radical (unpaired) electrons. The van der Waals surface area contributed by atoms with Gasteiger partial charge in [-0.25, -0.2) is 4.68 Å². The van der Waals surface area contributed by atoms with Crippen LogP contribution in [-0.2, 0) is 17.9 Å². The van der Waals surface area contributed by atoms with E-state index in [2.05, 4.69) is 17.2 Å². The number of rotatable bonds is 5. The lowest BCUT2D eigenvalue weighted by molar-refractivity contribution is -0.133. The quantitative estimate of drug-likeness (QED) is 0.846. The van der Waals surface area contributed by atoms with Gasteiger partial charge in [0.1, 0.15) is 24.6 Å². The molecule has 128 valence electrons. The van der Waals surface area contributed by atoms with Crippen LogP contribution in [0.4, 0.5) is 0 Å². The van der Waals surface area contributed by atoms with Crippen molar-refractivity contribution in [2.75, 3.05) is 13.1 Å². The van der Waals surface area contributed by atoms with Crippen molar-refractivity contribution in [2.45, 2.75) is 39.8 Å². The minimum atomic E-state index is 0.109. The SMILES string of the molecule is Cc1cccc(OCc2cn(CC(=O)N3CCCC(C)C3)nn2)c1. The van der Waals surface area contributed by atoms with Gasteiger partial charge in [0, 0.05) is 13.1 Å². The first-order chi connectivity index (χ1) is 11.6. The van der Waals surface area contributed by atoms with Crippen LogP contribution in [0.25, 0.3) is 0 Å². The van der Waals surface area contributed by atoms with Crippen molar-refractivity contribution in [3.63, 3.8) is 0 Å². The summed E-state index contributed by atoms with van der Waals surface area (Å²) in [5, 5.41) is 8.12. The smallest absolute Gasteiger partial charge is 0.244 e. The van der Waals surface area contributed by atoms with Crippen molar-refractivity contribution in [1.29, 1.82) is 0 Å². The molecule has 0 aliphatic carbocycles. The predicted octanol–water partition coefficient (Wildman–Crippen LogP) is 2.42. The van der Waals surface area contributed by atoms with E-state index in [0.717, 1.165) is 36.5 Å². The number of aryl methyl sites for hydroxylation is 1. The number of hydrogen-bond donors (Lipinski definition) is 0. The van der Waals surface area contributed by atoms with Gasteiger partial charge >= 0.3 is 0 Å². The third-order valence-corrected chi connectivity index (χ3v) is 4.27. The maximum Gasteiger partial charge on any atom is 0.244 e. The van der Waals surface area contributed by atoms with Gasteiger partial charge in [-0.2, -0.15) is 0 Å². The average molecular weight is 328 g/mol. The van der Waals surface area contributed by atoms with E-state index in [4.69, 9.17) is 4.74 Å². The molecule has 1 aromatic carbocycles. The molecule has 24 heavy (non-hydrogen) atoms. The number of likely N-dealkylation sites (tertiary alicyclic amines) is 1. The van der Waals surface area contributed by atoms with Gasteiger partial charge < -0.3 is 9.64 Å². The molecule has 1 aliphatic heterocycles. The number of ether oxygens (including phenoxy) is 1. The highest BCUT2D eigenvalue weighted by atomic mass is 16.5. The molecule has 6 heteroatoms. The van der Waals surface area contributed by atoms with Crippen molar-refractivity contribution in [3.05, 3.63) is 41.7 Å². The Labute approximate surface area is 142 Å². The topological polar surface area (TPSA) is 60.2 Å². The highest BCUT2D eigenvalue weighted by Crippen LogP contribution is 2.16. The zero-order valence-electron chi connectivity index (χ0n) is 14.3. The zero-order valence-corrected chi connectivity index (χ0v) is 14.3. The molecular weight excluding hydrogens is 304 g/mol. The number of hydrogen-bond acceptors (Lipinski definition) is 4. The normalized spacial score (nSPS) is 17.8. The Morgan fingerprint density at radius 2 is 2.29 bits per heavy atom. The van der Waals surface area contributed by atoms with Crippen molar-refractivity contribution < 1.29 is 9.53 Å². The third-order valence-electron chi connectivity index (χ3n) is 4.27. The number of piperidine rings is 1. The molecule has 1 atom stereocenters. The van der Waals surface area contributed by atoms with Crippen molar-refractivity contribution >= 4 is 5.91 Å². The fourth-order valence-electron chi connectivity index (χ4n) is 3.00. The molecule has 2 aromatic rings. The summed E-state index contributed by atoms with van der Waals surface area (Å²) in [5.74, 6) is 1.50. The van der Waals surface area contributed by atoms with Gasteiger partial charge in [0.2, 0.25) is 5.91 Å². The Kier molecular flexibility index (Phi) is 5.13. The molecule has 1 saturated heterocycles. The lowest BCUT2D eigenvalue weighted by Crippen LogP contribution is -2.40. The van der Waals surface area contributed by atoms with Gasteiger partial charge in [-0.3, -0.25) is 4.79 Å². The van der Waals surface area contributed by atoms with Gasteiger partial charge in [-0.15, -0.1) is 5.10 Å². The van der Waals surface area contributed by atoms with Crippen LogP contribution in [-0.4, -0.2) is 38.9 Å². The van der Waals surface area contributed by atoms with E-state index in [0.29, 0.717) is 12.5 Å². The number of carbonyl (C=O) groups is 1. The first-order valence-electron chi connectivity index (χ1n) is 8.46. The molecule has 0 N–H and O–H groups in total. The van der Waals surface area contributed by atoms with Gasteiger partial charge in [-0.05, 0) is 43.4 Å². The first kappa shape index (κ1) is 16.5. The molecule has 1 unspecified atom stereocenters. The third kappa shape index (κ3) is 4.34. The number of benzene rings is 1. The van der Waals surface area contributed by atoms with Crippen LogP contribution in [0.3, 0.4) is 0 Å². The lowest BCUT2D eigenvalue weighted by atomic mass is 10.0. The summed E-state index contributed by atoms with van der Waals surface area (Å²) in [6.07, 6.45) is 4.06. The summed E-state index contributed by atoms with van der Waals surface area (Å²) < 4.78 is 7.30. The highest BCUT2D eigenvalue weighted by Gasteiger charge is 2.21. The number of carbonyl (C=O) groups excluding carboxylic acids is 1. The molecule has 1 amide bonds. The summed E-state index contributed by atoms with van der Waals surface area (Å²) in [7, 11) is 0. The Balaban J connectivity index is 1.52. The van der Waals surface area contributed by atoms with E-state index in [1.807, 2.05) is 36.1 Å². The van der Waals surface area contributed by atoms with E-state index in [1.165, 1.54) is 6.42 Å². The fraction of sp³-hybridized carbons (Fsp3) is 0.500. The number of nitrogens with zero attached hydrogens (tertiary/aromatic N) is 4. The van der Waals surface area contributed by atoms with Crippen LogP contribution >= 0.6 is 0 Å². The number of aromatic nitrogens is 3. The molecule has 1 fully saturated rings. The Morgan fingerprint density at radius 3 is 3.08 bits per heavy atom. The maximum absolute atomic E-state index is 12.3. The fourth-order valence-corrected chi connectivity index (χ4v) is 3.00. The Morgan fingerprint density at radius 1 is 1.42 bits per heavy atom. The standard InChI is InChI=1S/C18H24N4O2/c1-14-5-3-7-17(9-14)24-13-16-11-22(20-19-16)12-18(23)21-8-4-6-15(2)10-21/h3,5,7,9,11,15H,4,6,8,10,12-13H2,1-2H3. The van der Waals surface area contributed by atoms with Crippen molar-refractivity contribution in [2.24, 2.45) is 5.92 Å². The molecular formula is C18H24N4O2. The average Bonchev–Trinajstić information content (AvgIpc) is 3.00. The summed E-state index contributed by atoms with van der Waals surface area (Å²) in [5.41, 5.74) is 1.87. The predicted molar refractivity (Wildman–Crippen MR) is 90.5 cm³/mol. The van der Waals surface area contributed by atoms with Gasteiger partial charge in [0.25, 0.3) is 0 Å². The van der Waals surface area contributed by atoms with E-state index in [1.54, 1.807) is 10.9 Å². The van der Waals surface area contributed by atoms with Gasteiger partial charge in [0.15, 0.2) is 0 Å². The minimum absolute atomic E-state index is 0.109. The van der Waals surface area contributed by atoms with Crippen LogP contribution in [0.2, 0.25) is 0 Å². The van der Waals surface area contributed by atoms with Crippen molar-refractivity contribution in [1.82, 2.24) is 19.9 Å². The molecule has 6 nitrogen and oxygen atoms in total. The molecule has 2 heterocycles. The van der Waals surface area contributed by atoms with E-state index in [-0.39, 0.29) is 12.5 Å². The molecule has 0 bridgehead atoms. The molecule has 1 aromatic heterocycles. The first-order valence-corrected chi connectivity index (χ1v) is 8.46. The molecule has 1 aliphatic rings. The summed E-state index contributed by atoms with van der Waals surface area (Å²) >= 11 is 0. The Bertz CT molecular complexity index is 698. The van der Waals surface area contributed by atoms with Gasteiger partial charge in [-0.1, -0.05) is 24.3 Å². The monoisotopic (exact) mass is 328 g/mol. The second-order valence-electron chi connectivity index (χ2n) is 6.60. The second-order valence-corrected chi connectivity index (χ2v) is 6.60. The summed E-state index contributed by atoms with van der Waals surface area (Å²) in [4.78, 5) is 14.3. The highest BCUT2D eigenvalue weighted by molar-refractivity contribution is 5.76. The van der Waals surface area contributed by atoms with E-state index in [9.17, 15) is 4.79 Å².